The zero-order chi connectivity index (χ0) is 15.9. The fourth-order valence-corrected chi connectivity index (χ4v) is 3.10. The molecule has 1 aromatic rings. The standard InChI is InChI=1S/C14H21NO5S/c1-4-19-14(16)9-20-13-7-5-6-12(8-13)15-21(17,18)10-11(2)3/h5-8,11,15H,4,9-10H2,1-3H3. The summed E-state index contributed by atoms with van der Waals surface area (Å²) in [4.78, 5) is 11.2. The van der Waals surface area contributed by atoms with E-state index in [2.05, 4.69) is 4.72 Å². The lowest BCUT2D eigenvalue weighted by molar-refractivity contribution is -0.145. The van der Waals surface area contributed by atoms with Gasteiger partial charge in [0.05, 0.1) is 18.0 Å². The first-order valence-corrected chi connectivity index (χ1v) is 8.36. The minimum atomic E-state index is -3.39. The lowest BCUT2D eigenvalue weighted by atomic mass is 10.3. The van der Waals surface area contributed by atoms with Crippen molar-refractivity contribution in [1.82, 2.24) is 0 Å². The maximum atomic E-state index is 11.8. The zero-order valence-corrected chi connectivity index (χ0v) is 13.3. The molecule has 0 aliphatic rings. The summed E-state index contributed by atoms with van der Waals surface area (Å²) in [5.74, 6) is 0.00261. The molecule has 6 nitrogen and oxygen atoms in total. The van der Waals surface area contributed by atoms with Crippen LogP contribution in [0, 0.1) is 5.92 Å². The molecule has 0 amide bonds. The van der Waals surface area contributed by atoms with Crippen LogP contribution in [0.15, 0.2) is 24.3 Å². The fourth-order valence-electron chi connectivity index (χ4n) is 1.65. The molecule has 118 valence electrons. The van der Waals surface area contributed by atoms with E-state index in [0.717, 1.165) is 0 Å². The largest absolute Gasteiger partial charge is 0.482 e. The number of ether oxygens (including phenoxy) is 2. The molecule has 1 N–H and O–H groups in total. The summed E-state index contributed by atoms with van der Waals surface area (Å²) in [6.07, 6.45) is 0. The van der Waals surface area contributed by atoms with Crippen LogP contribution in [0.3, 0.4) is 0 Å². The quantitative estimate of drug-likeness (QED) is 0.742. The summed E-state index contributed by atoms with van der Waals surface area (Å²) in [5, 5.41) is 0. The predicted molar refractivity (Wildman–Crippen MR) is 80.8 cm³/mol. The van der Waals surface area contributed by atoms with Crippen molar-refractivity contribution in [1.29, 1.82) is 0 Å². The lowest BCUT2D eigenvalue weighted by Crippen LogP contribution is -2.20. The molecular formula is C14H21NO5S. The normalized spacial score (nSPS) is 11.2. The van der Waals surface area contributed by atoms with Crippen LogP contribution < -0.4 is 9.46 Å². The van der Waals surface area contributed by atoms with Crippen molar-refractivity contribution in [3.8, 4) is 5.75 Å². The number of carbonyl (C=O) groups is 1. The second kappa shape index (κ2) is 7.87. The lowest BCUT2D eigenvalue weighted by Gasteiger charge is -2.11. The maximum Gasteiger partial charge on any atom is 0.344 e. The van der Waals surface area contributed by atoms with Crippen molar-refractivity contribution in [2.45, 2.75) is 20.8 Å². The Morgan fingerprint density at radius 1 is 1.33 bits per heavy atom. The van der Waals surface area contributed by atoms with Crippen LogP contribution in [0.25, 0.3) is 0 Å². The van der Waals surface area contributed by atoms with Crippen molar-refractivity contribution in [3.05, 3.63) is 24.3 Å². The molecular weight excluding hydrogens is 294 g/mol. The third kappa shape index (κ3) is 6.99. The van der Waals surface area contributed by atoms with Crippen LogP contribution in [0.2, 0.25) is 0 Å². The highest BCUT2D eigenvalue weighted by Crippen LogP contribution is 2.19. The summed E-state index contributed by atoms with van der Waals surface area (Å²) in [6, 6.07) is 6.43. The molecule has 0 atom stereocenters. The molecule has 0 spiro atoms. The van der Waals surface area contributed by atoms with Gasteiger partial charge in [0.1, 0.15) is 5.75 Å². The Labute approximate surface area is 125 Å². The number of nitrogens with one attached hydrogen (secondary N) is 1. The molecule has 1 aromatic carbocycles. The van der Waals surface area contributed by atoms with E-state index in [1.54, 1.807) is 25.1 Å². The first-order chi connectivity index (χ1) is 9.82. The molecule has 21 heavy (non-hydrogen) atoms. The number of hydrogen-bond acceptors (Lipinski definition) is 5. The van der Waals surface area contributed by atoms with Crippen molar-refractivity contribution < 1.29 is 22.7 Å². The van der Waals surface area contributed by atoms with Crippen LogP contribution >= 0.6 is 0 Å². The number of esters is 1. The number of hydrogen-bond donors (Lipinski definition) is 1. The van der Waals surface area contributed by atoms with Gasteiger partial charge < -0.3 is 9.47 Å². The summed E-state index contributed by atoms with van der Waals surface area (Å²) in [7, 11) is -3.39. The molecule has 0 radical (unpaired) electrons. The molecule has 0 aliphatic carbocycles. The van der Waals surface area contributed by atoms with Crippen LogP contribution in [0.5, 0.6) is 5.75 Å². The third-order valence-electron chi connectivity index (χ3n) is 2.32. The Bertz CT molecular complexity index is 568. The first kappa shape index (κ1) is 17.3. The van der Waals surface area contributed by atoms with E-state index >= 15 is 0 Å². The number of benzene rings is 1. The molecule has 0 heterocycles. The van der Waals surface area contributed by atoms with E-state index in [9.17, 15) is 13.2 Å². The van der Waals surface area contributed by atoms with E-state index < -0.39 is 16.0 Å². The Morgan fingerprint density at radius 2 is 2.05 bits per heavy atom. The highest BCUT2D eigenvalue weighted by atomic mass is 32.2. The van der Waals surface area contributed by atoms with Gasteiger partial charge in [0.2, 0.25) is 10.0 Å². The van der Waals surface area contributed by atoms with Gasteiger partial charge >= 0.3 is 5.97 Å². The molecule has 0 aliphatic heterocycles. The van der Waals surface area contributed by atoms with Crippen LogP contribution in [0.4, 0.5) is 5.69 Å². The SMILES string of the molecule is CCOC(=O)COc1cccc(NS(=O)(=O)CC(C)C)c1. The Hall–Kier alpha value is -1.76. The van der Waals surface area contributed by atoms with Crippen LogP contribution in [0.1, 0.15) is 20.8 Å². The smallest absolute Gasteiger partial charge is 0.344 e. The average Bonchev–Trinajstić information content (AvgIpc) is 2.35. The summed E-state index contributed by atoms with van der Waals surface area (Å²) in [5.41, 5.74) is 0.400. The highest BCUT2D eigenvalue weighted by Gasteiger charge is 2.13. The predicted octanol–water partition coefficient (Wildman–Crippen LogP) is 2.03. The minimum absolute atomic E-state index is 0.0331. The fraction of sp³-hybridized carbons (Fsp3) is 0.500. The number of sulfonamides is 1. The van der Waals surface area contributed by atoms with E-state index in [1.807, 2.05) is 13.8 Å². The first-order valence-electron chi connectivity index (χ1n) is 6.71. The molecule has 0 fully saturated rings. The van der Waals surface area contributed by atoms with Gasteiger partial charge in [0.15, 0.2) is 6.61 Å². The zero-order valence-electron chi connectivity index (χ0n) is 12.5. The van der Waals surface area contributed by atoms with Crippen molar-refractivity contribution >= 4 is 21.7 Å². The minimum Gasteiger partial charge on any atom is -0.482 e. The number of rotatable bonds is 8. The van der Waals surface area contributed by atoms with E-state index in [-0.39, 0.29) is 24.9 Å². The topological polar surface area (TPSA) is 81.7 Å². The molecule has 0 saturated heterocycles. The van der Waals surface area contributed by atoms with Gasteiger partial charge in [-0.25, -0.2) is 13.2 Å². The molecule has 0 aromatic heterocycles. The molecule has 0 bridgehead atoms. The number of carbonyl (C=O) groups excluding carboxylic acids is 1. The van der Waals surface area contributed by atoms with Gasteiger partial charge in [-0.1, -0.05) is 19.9 Å². The summed E-state index contributed by atoms with van der Waals surface area (Å²) >= 11 is 0. The van der Waals surface area contributed by atoms with E-state index in [1.165, 1.54) is 6.07 Å². The highest BCUT2D eigenvalue weighted by molar-refractivity contribution is 7.92. The van der Waals surface area contributed by atoms with Gasteiger partial charge in [0.25, 0.3) is 0 Å². The van der Waals surface area contributed by atoms with Gasteiger partial charge in [-0.05, 0) is 25.0 Å². The summed E-state index contributed by atoms with van der Waals surface area (Å²) in [6.45, 7) is 5.45. The second-order valence-corrected chi connectivity index (χ2v) is 6.67. The molecule has 0 saturated carbocycles. The molecule has 7 heteroatoms. The van der Waals surface area contributed by atoms with Gasteiger partial charge in [0, 0.05) is 6.07 Å². The Kier molecular flexibility index (Phi) is 6.48. The van der Waals surface area contributed by atoms with Crippen molar-refractivity contribution in [2.24, 2.45) is 5.92 Å². The number of anilines is 1. The Balaban J connectivity index is 2.66. The van der Waals surface area contributed by atoms with E-state index in [0.29, 0.717) is 11.4 Å². The van der Waals surface area contributed by atoms with Crippen molar-refractivity contribution in [3.63, 3.8) is 0 Å². The molecule has 0 unspecified atom stereocenters. The van der Waals surface area contributed by atoms with Crippen LogP contribution in [-0.4, -0.2) is 33.4 Å². The van der Waals surface area contributed by atoms with Gasteiger partial charge in [-0.15, -0.1) is 0 Å². The van der Waals surface area contributed by atoms with Gasteiger partial charge in [-0.2, -0.15) is 0 Å². The maximum absolute atomic E-state index is 11.8. The third-order valence-corrected chi connectivity index (χ3v) is 3.97. The second-order valence-electron chi connectivity index (χ2n) is 4.90. The van der Waals surface area contributed by atoms with E-state index in [4.69, 9.17) is 9.47 Å². The average molecular weight is 315 g/mol. The van der Waals surface area contributed by atoms with Gasteiger partial charge in [-0.3, -0.25) is 4.72 Å². The summed E-state index contributed by atoms with van der Waals surface area (Å²) < 4.78 is 36.2. The van der Waals surface area contributed by atoms with Crippen molar-refractivity contribution in [2.75, 3.05) is 23.7 Å². The van der Waals surface area contributed by atoms with Crippen LogP contribution in [-0.2, 0) is 19.6 Å². The molecule has 1 rings (SSSR count). The Morgan fingerprint density at radius 3 is 2.67 bits per heavy atom. The monoisotopic (exact) mass is 315 g/mol.